The monoisotopic (exact) mass is 344 g/mol. The van der Waals surface area contributed by atoms with Crippen LogP contribution in [0.4, 0.5) is 0 Å². The van der Waals surface area contributed by atoms with Crippen molar-refractivity contribution in [3.05, 3.63) is 42.1 Å². The van der Waals surface area contributed by atoms with E-state index in [1.54, 1.807) is 18.2 Å². The Balaban J connectivity index is 1.64. The maximum absolute atomic E-state index is 11.5. The molecule has 0 bridgehead atoms. The topological polar surface area (TPSA) is 99.2 Å². The first-order chi connectivity index (χ1) is 11.4. The van der Waals surface area contributed by atoms with E-state index in [0.717, 1.165) is 11.1 Å². The number of aromatic amines is 1. The van der Waals surface area contributed by atoms with Gasteiger partial charge >= 0.3 is 0 Å². The number of aromatic nitrogens is 3. The van der Waals surface area contributed by atoms with Gasteiger partial charge in [0.2, 0.25) is 10.0 Å². The van der Waals surface area contributed by atoms with Gasteiger partial charge in [-0.1, -0.05) is 12.1 Å². The number of benzene rings is 1. The lowest BCUT2D eigenvalue weighted by Gasteiger charge is -2.36. The molecule has 1 saturated heterocycles. The van der Waals surface area contributed by atoms with Crippen molar-refractivity contribution in [2.24, 2.45) is 0 Å². The molecule has 0 unspecified atom stereocenters. The minimum atomic E-state index is -3.12. The molecule has 1 aliphatic heterocycles. The van der Waals surface area contributed by atoms with Gasteiger partial charge in [0.05, 0.1) is 11.9 Å². The SMILES string of the molecule is CS(=O)(=O)N1CC(c2cc3cc(-c4ccccc4O)nnc3[nH]2)C1. The van der Waals surface area contributed by atoms with E-state index < -0.39 is 10.0 Å². The third-order valence-electron chi connectivity index (χ3n) is 4.33. The molecule has 0 saturated carbocycles. The summed E-state index contributed by atoms with van der Waals surface area (Å²) in [4.78, 5) is 3.21. The van der Waals surface area contributed by atoms with Gasteiger partial charge in [-0.05, 0) is 24.3 Å². The molecule has 0 aliphatic carbocycles. The number of fused-ring (bicyclic) bond motifs is 1. The first kappa shape index (κ1) is 15.1. The van der Waals surface area contributed by atoms with Crippen LogP contribution in [-0.4, -0.2) is 52.4 Å². The predicted octanol–water partition coefficient (Wildman–Crippen LogP) is 1.69. The van der Waals surface area contributed by atoms with Crippen LogP contribution < -0.4 is 0 Å². The summed E-state index contributed by atoms with van der Waals surface area (Å²) in [5, 5.41) is 19.2. The summed E-state index contributed by atoms with van der Waals surface area (Å²) >= 11 is 0. The van der Waals surface area contributed by atoms with Crippen molar-refractivity contribution in [2.45, 2.75) is 5.92 Å². The highest BCUT2D eigenvalue weighted by molar-refractivity contribution is 7.88. The van der Waals surface area contributed by atoms with E-state index in [-0.39, 0.29) is 11.7 Å². The Kier molecular flexibility index (Phi) is 3.33. The average molecular weight is 344 g/mol. The maximum atomic E-state index is 11.5. The number of hydrogen-bond acceptors (Lipinski definition) is 5. The van der Waals surface area contributed by atoms with Crippen molar-refractivity contribution < 1.29 is 13.5 Å². The van der Waals surface area contributed by atoms with Crippen LogP contribution in [0.3, 0.4) is 0 Å². The number of rotatable bonds is 3. The van der Waals surface area contributed by atoms with E-state index in [2.05, 4.69) is 15.2 Å². The van der Waals surface area contributed by atoms with Gasteiger partial charge in [0, 0.05) is 35.7 Å². The molecule has 124 valence electrons. The molecule has 3 heterocycles. The Hall–Kier alpha value is -2.45. The summed E-state index contributed by atoms with van der Waals surface area (Å²) in [5.41, 5.74) is 2.83. The van der Waals surface area contributed by atoms with Crippen LogP contribution in [0, 0.1) is 0 Å². The minimum absolute atomic E-state index is 0.141. The van der Waals surface area contributed by atoms with E-state index in [1.165, 1.54) is 10.6 Å². The van der Waals surface area contributed by atoms with Crippen LogP contribution in [0.15, 0.2) is 36.4 Å². The van der Waals surface area contributed by atoms with Crippen LogP contribution in [0.1, 0.15) is 11.6 Å². The molecule has 1 aliphatic rings. The van der Waals surface area contributed by atoms with Crippen molar-refractivity contribution in [1.29, 1.82) is 0 Å². The minimum Gasteiger partial charge on any atom is -0.507 e. The second-order valence-electron chi connectivity index (χ2n) is 6.05. The van der Waals surface area contributed by atoms with Gasteiger partial charge in [-0.15, -0.1) is 10.2 Å². The van der Waals surface area contributed by atoms with Crippen LogP contribution in [0.5, 0.6) is 5.75 Å². The zero-order chi connectivity index (χ0) is 16.9. The average Bonchev–Trinajstić information content (AvgIpc) is 2.86. The Morgan fingerprint density at radius 1 is 1.21 bits per heavy atom. The number of phenolic OH excluding ortho intramolecular Hbond substituents is 1. The first-order valence-electron chi connectivity index (χ1n) is 7.51. The molecular weight excluding hydrogens is 328 g/mol. The number of phenols is 1. The first-order valence-corrected chi connectivity index (χ1v) is 9.36. The van der Waals surface area contributed by atoms with Gasteiger partial charge in [0.15, 0.2) is 5.65 Å². The number of para-hydroxylation sites is 1. The van der Waals surface area contributed by atoms with Crippen LogP contribution in [0.25, 0.3) is 22.3 Å². The van der Waals surface area contributed by atoms with Crippen molar-refractivity contribution in [3.8, 4) is 17.0 Å². The van der Waals surface area contributed by atoms with Crippen molar-refractivity contribution in [3.63, 3.8) is 0 Å². The largest absolute Gasteiger partial charge is 0.507 e. The predicted molar refractivity (Wildman–Crippen MR) is 90.1 cm³/mol. The third-order valence-corrected chi connectivity index (χ3v) is 5.57. The molecule has 3 aromatic rings. The van der Waals surface area contributed by atoms with Crippen molar-refractivity contribution in [1.82, 2.24) is 19.5 Å². The van der Waals surface area contributed by atoms with Gasteiger partial charge < -0.3 is 10.1 Å². The third kappa shape index (κ3) is 2.53. The lowest BCUT2D eigenvalue weighted by Crippen LogP contribution is -2.47. The molecule has 0 atom stereocenters. The summed E-state index contributed by atoms with van der Waals surface area (Å²) in [7, 11) is -3.12. The highest BCUT2D eigenvalue weighted by Gasteiger charge is 2.35. The Morgan fingerprint density at radius 3 is 2.67 bits per heavy atom. The van der Waals surface area contributed by atoms with E-state index >= 15 is 0 Å². The number of hydrogen-bond donors (Lipinski definition) is 2. The second-order valence-corrected chi connectivity index (χ2v) is 8.03. The second kappa shape index (κ2) is 5.29. The summed E-state index contributed by atoms with van der Waals surface area (Å²) in [6, 6.07) is 10.8. The Morgan fingerprint density at radius 2 is 1.96 bits per heavy atom. The molecule has 2 N–H and O–H groups in total. The standard InChI is InChI=1S/C16H16N4O3S/c1-24(22,23)20-8-11(9-20)13-6-10-7-14(18-19-16(10)17-13)12-4-2-3-5-15(12)21/h2-7,11,21H,8-9H2,1H3,(H,17,19). The molecule has 0 radical (unpaired) electrons. The van der Waals surface area contributed by atoms with Crippen molar-refractivity contribution >= 4 is 21.1 Å². The van der Waals surface area contributed by atoms with Gasteiger partial charge in [0.25, 0.3) is 0 Å². The Bertz CT molecular complexity index is 1020. The molecule has 4 rings (SSSR count). The van der Waals surface area contributed by atoms with Crippen LogP contribution in [0.2, 0.25) is 0 Å². The number of H-pyrrole nitrogens is 1. The summed E-state index contributed by atoms with van der Waals surface area (Å²) in [6.07, 6.45) is 1.22. The summed E-state index contributed by atoms with van der Waals surface area (Å²) in [5.74, 6) is 0.298. The Labute approximate surface area is 139 Å². The zero-order valence-electron chi connectivity index (χ0n) is 13.0. The fourth-order valence-corrected chi connectivity index (χ4v) is 3.80. The molecule has 0 amide bonds. The van der Waals surface area contributed by atoms with Gasteiger partial charge in [-0.3, -0.25) is 0 Å². The summed E-state index contributed by atoms with van der Waals surface area (Å²) < 4.78 is 24.4. The molecule has 1 fully saturated rings. The quantitative estimate of drug-likeness (QED) is 0.753. The number of nitrogens with one attached hydrogen (secondary N) is 1. The van der Waals surface area contributed by atoms with E-state index in [1.807, 2.05) is 18.2 Å². The highest BCUT2D eigenvalue weighted by atomic mass is 32.2. The van der Waals surface area contributed by atoms with E-state index in [0.29, 0.717) is 30.0 Å². The lowest BCUT2D eigenvalue weighted by atomic mass is 9.99. The molecular formula is C16H16N4O3S. The summed E-state index contributed by atoms with van der Waals surface area (Å²) in [6.45, 7) is 0.955. The van der Waals surface area contributed by atoms with Gasteiger partial charge in [0.1, 0.15) is 5.75 Å². The molecule has 8 heteroatoms. The number of sulfonamides is 1. The number of aromatic hydroxyl groups is 1. The smallest absolute Gasteiger partial charge is 0.211 e. The van der Waals surface area contributed by atoms with Crippen LogP contribution in [-0.2, 0) is 10.0 Å². The molecule has 1 aromatic carbocycles. The molecule has 2 aromatic heterocycles. The molecule has 24 heavy (non-hydrogen) atoms. The van der Waals surface area contributed by atoms with Crippen molar-refractivity contribution in [2.75, 3.05) is 19.3 Å². The fraction of sp³-hybridized carbons (Fsp3) is 0.250. The molecule has 7 nitrogen and oxygen atoms in total. The van der Waals surface area contributed by atoms with E-state index in [4.69, 9.17) is 0 Å². The highest BCUT2D eigenvalue weighted by Crippen LogP contribution is 2.32. The zero-order valence-corrected chi connectivity index (χ0v) is 13.8. The maximum Gasteiger partial charge on any atom is 0.211 e. The normalized spacial score (nSPS) is 16.4. The van der Waals surface area contributed by atoms with Gasteiger partial charge in [-0.25, -0.2) is 12.7 Å². The fourth-order valence-electron chi connectivity index (χ4n) is 2.90. The van der Waals surface area contributed by atoms with E-state index in [9.17, 15) is 13.5 Å². The van der Waals surface area contributed by atoms with Gasteiger partial charge in [-0.2, -0.15) is 0 Å². The molecule has 0 spiro atoms. The van der Waals surface area contributed by atoms with Crippen LogP contribution >= 0.6 is 0 Å². The number of nitrogens with zero attached hydrogens (tertiary/aromatic N) is 3. The lowest BCUT2D eigenvalue weighted by molar-refractivity contribution is 0.263.